The van der Waals surface area contributed by atoms with E-state index >= 15 is 0 Å². The largest absolute Gasteiger partial charge is 0.507 e. The molecule has 0 spiro atoms. The smallest absolute Gasteiger partial charge is 0.241 e. The molecule has 3 rings (SSSR count). The van der Waals surface area contributed by atoms with E-state index in [1.807, 2.05) is 28.8 Å². The van der Waals surface area contributed by atoms with Gasteiger partial charge in [-0.3, -0.25) is 4.79 Å². The summed E-state index contributed by atoms with van der Waals surface area (Å²) in [5, 5.41) is 13.4. The summed E-state index contributed by atoms with van der Waals surface area (Å²) in [7, 11) is 0. The number of carbonyl (C=O) groups excluding carboxylic acids is 1. The lowest BCUT2D eigenvalue weighted by molar-refractivity contribution is -0.121. The molecule has 0 aliphatic rings. The number of hydrogen-bond acceptors (Lipinski definition) is 4. The molecular formula is C17H16N4O2. The zero-order chi connectivity index (χ0) is 16.1. The lowest BCUT2D eigenvalue weighted by Gasteiger charge is -2.03. The van der Waals surface area contributed by atoms with E-state index in [9.17, 15) is 9.90 Å². The van der Waals surface area contributed by atoms with Gasteiger partial charge in [0.2, 0.25) is 5.91 Å². The van der Waals surface area contributed by atoms with Gasteiger partial charge in [0.25, 0.3) is 0 Å². The Hall–Kier alpha value is -3.15. The van der Waals surface area contributed by atoms with Crippen LogP contribution in [-0.2, 0) is 11.3 Å². The number of amides is 1. The molecule has 0 radical (unpaired) electrons. The zero-order valence-electron chi connectivity index (χ0n) is 12.4. The van der Waals surface area contributed by atoms with Gasteiger partial charge in [0.05, 0.1) is 23.6 Å². The van der Waals surface area contributed by atoms with Crippen molar-refractivity contribution >= 4 is 23.2 Å². The lowest BCUT2D eigenvalue weighted by atomic mass is 10.2. The maximum Gasteiger partial charge on any atom is 0.241 e. The van der Waals surface area contributed by atoms with Crippen LogP contribution in [0.3, 0.4) is 0 Å². The monoisotopic (exact) mass is 308 g/mol. The van der Waals surface area contributed by atoms with E-state index in [1.165, 1.54) is 6.21 Å². The first-order valence-electron chi connectivity index (χ1n) is 7.24. The van der Waals surface area contributed by atoms with Crippen LogP contribution < -0.4 is 5.43 Å². The Bertz CT molecular complexity index is 854. The Morgan fingerprint density at radius 3 is 2.87 bits per heavy atom. The fourth-order valence-corrected chi connectivity index (χ4v) is 2.24. The second-order valence-electron chi connectivity index (χ2n) is 5.03. The maximum absolute atomic E-state index is 11.8. The van der Waals surface area contributed by atoms with Crippen LogP contribution in [-0.4, -0.2) is 26.8 Å². The predicted molar refractivity (Wildman–Crippen MR) is 88.2 cm³/mol. The van der Waals surface area contributed by atoms with Gasteiger partial charge >= 0.3 is 0 Å². The Kier molecular flexibility index (Phi) is 4.33. The zero-order valence-corrected chi connectivity index (χ0v) is 12.4. The van der Waals surface area contributed by atoms with E-state index in [0.29, 0.717) is 18.5 Å². The summed E-state index contributed by atoms with van der Waals surface area (Å²) >= 11 is 0. The highest BCUT2D eigenvalue weighted by atomic mass is 16.3. The van der Waals surface area contributed by atoms with Crippen LogP contribution in [0, 0.1) is 0 Å². The molecule has 6 nitrogen and oxygen atoms in total. The number of carbonyl (C=O) groups is 1. The fraction of sp³-hybridized carbons (Fsp3) is 0.118. The highest BCUT2D eigenvalue weighted by Crippen LogP contribution is 2.13. The molecule has 116 valence electrons. The Morgan fingerprint density at radius 1 is 1.22 bits per heavy atom. The Labute approximate surface area is 133 Å². The average Bonchev–Trinajstić information content (AvgIpc) is 2.98. The summed E-state index contributed by atoms with van der Waals surface area (Å²) in [6, 6.07) is 14.6. The van der Waals surface area contributed by atoms with Crippen LogP contribution in [0.15, 0.2) is 60.0 Å². The van der Waals surface area contributed by atoms with Gasteiger partial charge in [-0.25, -0.2) is 10.4 Å². The molecule has 0 aliphatic heterocycles. The summed E-state index contributed by atoms with van der Waals surface area (Å²) < 4.78 is 1.93. The van der Waals surface area contributed by atoms with Crippen molar-refractivity contribution < 1.29 is 9.90 Å². The Morgan fingerprint density at radius 2 is 2.00 bits per heavy atom. The normalized spacial score (nSPS) is 11.1. The van der Waals surface area contributed by atoms with Crippen molar-refractivity contribution in [2.24, 2.45) is 5.10 Å². The molecule has 3 aromatic rings. The number of aromatic nitrogens is 2. The minimum atomic E-state index is -0.200. The second-order valence-corrected chi connectivity index (χ2v) is 5.03. The fourth-order valence-electron chi connectivity index (χ4n) is 2.24. The molecule has 0 fully saturated rings. The highest BCUT2D eigenvalue weighted by molar-refractivity contribution is 5.85. The van der Waals surface area contributed by atoms with E-state index in [2.05, 4.69) is 15.5 Å². The van der Waals surface area contributed by atoms with Gasteiger partial charge in [0.15, 0.2) is 0 Å². The Balaban J connectivity index is 1.55. The number of phenols is 1. The maximum atomic E-state index is 11.8. The molecule has 0 bridgehead atoms. The van der Waals surface area contributed by atoms with Gasteiger partial charge in [0, 0.05) is 18.5 Å². The standard InChI is InChI=1S/C17H16N4O2/c22-16-8-4-1-5-13(16)11-19-20-17(23)9-10-21-12-18-14-6-2-3-7-15(14)21/h1-8,11-12,22H,9-10H2,(H,20,23). The molecular weight excluding hydrogens is 292 g/mol. The van der Waals surface area contributed by atoms with Crippen LogP contribution in [0.1, 0.15) is 12.0 Å². The summed E-state index contributed by atoms with van der Waals surface area (Å²) in [4.78, 5) is 16.1. The highest BCUT2D eigenvalue weighted by Gasteiger charge is 2.04. The average molecular weight is 308 g/mol. The molecule has 0 saturated heterocycles. The van der Waals surface area contributed by atoms with Crippen LogP contribution in [0.25, 0.3) is 11.0 Å². The van der Waals surface area contributed by atoms with Crippen LogP contribution in [0.5, 0.6) is 5.75 Å². The first-order chi connectivity index (χ1) is 11.2. The van der Waals surface area contributed by atoms with Gasteiger partial charge in [0.1, 0.15) is 5.75 Å². The summed E-state index contributed by atoms with van der Waals surface area (Å²) in [6.45, 7) is 0.526. The third kappa shape index (κ3) is 3.55. The van der Waals surface area contributed by atoms with E-state index in [-0.39, 0.29) is 11.7 Å². The van der Waals surface area contributed by atoms with Crippen molar-refractivity contribution in [2.45, 2.75) is 13.0 Å². The summed E-state index contributed by atoms with van der Waals surface area (Å²) in [6.07, 6.45) is 3.43. The third-order valence-electron chi connectivity index (χ3n) is 3.44. The van der Waals surface area contributed by atoms with Crippen LogP contribution in [0.2, 0.25) is 0 Å². The van der Waals surface area contributed by atoms with Gasteiger partial charge in [-0.05, 0) is 24.3 Å². The number of aryl methyl sites for hydroxylation is 1. The first kappa shape index (κ1) is 14.8. The number of fused-ring (bicyclic) bond motifs is 1. The second kappa shape index (κ2) is 6.74. The van der Waals surface area contributed by atoms with Crippen molar-refractivity contribution in [3.05, 3.63) is 60.4 Å². The third-order valence-corrected chi connectivity index (χ3v) is 3.44. The topological polar surface area (TPSA) is 79.5 Å². The number of hydrazone groups is 1. The minimum absolute atomic E-state index is 0.121. The van der Waals surface area contributed by atoms with Crippen LogP contribution in [0.4, 0.5) is 0 Å². The number of imidazole rings is 1. The molecule has 23 heavy (non-hydrogen) atoms. The molecule has 1 heterocycles. The van der Waals surface area contributed by atoms with Crippen molar-refractivity contribution in [3.63, 3.8) is 0 Å². The van der Waals surface area contributed by atoms with E-state index in [4.69, 9.17) is 0 Å². The summed E-state index contributed by atoms with van der Waals surface area (Å²) in [5.74, 6) is -0.0789. The molecule has 0 aliphatic carbocycles. The lowest BCUT2D eigenvalue weighted by Crippen LogP contribution is -2.19. The summed E-state index contributed by atoms with van der Waals surface area (Å²) in [5.41, 5.74) is 4.91. The molecule has 6 heteroatoms. The molecule has 0 atom stereocenters. The molecule has 1 amide bonds. The van der Waals surface area contributed by atoms with E-state index in [1.54, 1.807) is 30.6 Å². The molecule has 1 aromatic heterocycles. The SMILES string of the molecule is O=C(CCn1cnc2ccccc21)NN=Cc1ccccc1O. The first-order valence-corrected chi connectivity index (χ1v) is 7.24. The molecule has 0 saturated carbocycles. The molecule has 0 unspecified atom stereocenters. The van der Waals surface area contributed by atoms with Gasteiger partial charge in [-0.1, -0.05) is 24.3 Å². The quantitative estimate of drug-likeness (QED) is 0.560. The number of para-hydroxylation sites is 3. The van der Waals surface area contributed by atoms with Crippen molar-refractivity contribution in [1.29, 1.82) is 0 Å². The van der Waals surface area contributed by atoms with E-state index in [0.717, 1.165) is 11.0 Å². The number of benzene rings is 2. The van der Waals surface area contributed by atoms with Crippen molar-refractivity contribution in [3.8, 4) is 5.75 Å². The number of rotatable bonds is 5. The number of nitrogens with one attached hydrogen (secondary N) is 1. The van der Waals surface area contributed by atoms with Crippen LogP contribution >= 0.6 is 0 Å². The van der Waals surface area contributed by atoms with Crippen molar-refractivity contribution in [2.75, 3.05) is 0 Å². The minimum Gasteiger partial charge on any atom is -0.507 e. The number of nitrogens with zero attached hydrogens (tertiary/aromatic N) is 3. The van der Waals surface area contributed by atoms with Gasteiger partial charge in [-0.15, -0.1) is 0 Å². The number of phenolic OH excluding ortho intramolecular Hbond substituents is 1. The number of hydrogen-bond donors (Lipinski definition) is 2. The number of aromatic hydroxyl groups is 1. The van der Waals surface area contributed by atoms with Crippen molar-refractivity contribution in [1.82, 2.24) is 15.0 Å². The molecule has 2 N–H and O–H groups in total. The van der Waals surface area contributed by atoms with Gasteiger partial charge < -0.3 is 9.67 Å². The molecule has 2 aromatic carbocycles. The van der Waals surface area contributed by atoms with Gasteiger partial charge in [-0.2, -0.15) is 5.10 Å². The van der Waals surface area contributed by atoms with E-state index < -0.39 is 0 Å². The predicted octanol–water partition coefficient (Wildman–Crippen LogP) is 2.28.